The van der Waals surface area contributed by atoms with E-state index in [0.29, 0.717) is 0 Å². The van der Waals surface area contributed by atoms with E-state index >= 15 is 0 Å². The number of benzene rings is 2. The Kier molecular flexibility index (Phi) is 5.50. The molecule has 0 aliphatic heterocycles. The zero-order chi connectivity index (χ0) is 21.1. The van der Waals surface area contributed by atoms with Crippen LogP contribution < -0.4 is 5.32 Å². The summed E-state index contributed by atoms with van der Waals surface area (Å²) in [5, 5.41) is 28.5. The number of nitro groups is 2. The molecule has 10 nitrogen and oxygen atoms in total. The number of carbonyl (C=O) groups excluding carboxylic acids is 1. The fraction of sp³-hybridized carbons (Fsp3) is 0.0588. The molecule has 0 fully saturated rings. The molecule has 0 saturated heterocycles. The monoisotopic (exact) mass is 419 g/mol. The van der Waals surface area contributed by atoms with Crippen LogP contribution in [0.5, 0.6) is 0 Å². The van der Waals surface area contributed by atoms with E-state index < -0.39 is 27.1 Å². The summed E-state index contributed by atoms with van der Waals surface area (Å²) in [6, 6.07) is 8.27. The average molecular weight is 420 g/mol. The molecule has 29 heavy (non-hydrogen) atoms. The Labute approximate surface area is 166 Å². The molecule has 1 aromatic heterocycles. The largest absolute Gasteiger partial charge is 0.304 e. The van der Waals surface area contributed by atoms with E-state index in [2.05, 4.69) is 10.4 Å². The molecular formula is C17H11ClFN5O5. The Morgan fingerprint density at radius 2 is 1.69 bits per heavy atom. The van der Waals surface area contributed by atoms with E-state index in [-0.39, 0.29) is 28.8 Å². The number of nitrogens with zero attached hydrogens (tertiary/aromatic N) is 4. The number of anilines is 1. The number of nitrogens with one attached hydrogen (secondary N) is 1. The van der Waals surface area contributed by atoms with Crippen LogP contribution >= 0.6 is 11.6 Å². The summed E-state index contributed by atoms with van der Waals surface area (Å²) in [6.07, 6.45) is 1.43. The predicted molar refractivity (Wildman–Crippen MR) is 100 cm³/mol. The zero-order valence-corrected chi connectivity index (χ0v) is 15.2. The van der Waals surface area contributed by atoms with Crippen LogP contribution in [0.4, 0.5) is 21.6 Å². The van der Waals surface area contributed by atoms with Crippen LogP contribution in [0.15, 0.2) is 48.7 Å². The molecule has 1 heterocycles. The van der Waals surface area contributed by atoms with Crippen molar-refractivity contribution in [1.82, 2.24) is 9.78 Å². The van der Waals surface area contributed by atoms with Crippen molar-refractivity contribution in [2.45, 2.75) is 6.54 Å². The molecule has 0 atom stereocenters. The third-order valence-electron chi connectivity index (χ3n) is 3.79. The van der Waals surface area contributed by atoms with Crippen molar-refractivity contribution in [3.63, 3.8) is 0 Å². The Balaban J connectivity index is 1.82. The van der Waals surface area contributed by atoms with Crippen molar-refractivity contribution in [1.29, 1.82) is 0 Å². The van der Waals surface area contributed by atoms with Crippen molar-refractivity contribution >= 4 is 34.7 Å². The standard InChI is InChI=1S/C17H11ClFN5O5/c18-15-9-22(8-10-1-3-12(19)4-2-10)21-16(15)20-17(25)11-5-13(23(26)27)7-14(6-11)24(28)29/h1-7,9H,8H2,(H,20,21,25). The first-order chi connectivity index (χ1) is 13.7. The molecule has 0 unspecified atom stereocenters. The molecule has 0 radical (unpaired) electrons. The molecule has 12 heteroatoms. The number of aromatic nitrogens is 2. The molecule has 3 rings (SSSR count). The number of carbonyl (C=O) groups is 1. The molecule has 2 aromatic carbocycles. The van der Waals surface area contributed by atoms with Gasteiger partial charge >= 0.3 is 0 Å². The molecule has 148 valence electrons. The topological polar surface area (TPSA) is 133 Å². The minimum absolute atomic E-state index is 0.0343. The van der Waals surface area contributed by atoms with Crippen molar-refractivity contribution < 1.29 is 19.0 Å². The number of non-ortho nitro benzene ring substituents is 2. The van der Waals surface area contributed by atoms with Crippen LogP contribution in [0.2, 0.25) is 5.02 Å². The van der Waals surface area contributed by atoms with Crippen LogP contribution in [0, 0.1) is 26.0 Å². The van der Waals surface area contributed by atoms with Crippen molar-refractivity contribution in [2.24, 2.45) is 0 Å². The lowest BCUT2D eigenvalue weighted by Gasteiger charge is -2.04. The SMILES string of the molecule is O=C(Nc1nn(Cc2ccc(F)cc2)cc1Cl)c1cc([N+](=O)[O-])cc([N+](=O)[O-])c1. The maximum atomic E-state index is 13.0. The molecule has 1 N–H and O–H groups in total. The Hall–Kier alpha value is -3.86. The van der Waals surface area contributed by atoms with E-state index in [4.69, 9.17) is 11.6 Å². The number of nitro benzene ring substituents is 2. The third kappa shape index (κ3) is 4.71. The van der Waals surface area contributed by atoms with Crippen molar-refractivity contribution in [2.75, 3.05) is 5.32 Å². The second kappa shape index (κ2) is 8.02. The van der Waals surface area contributed by atoms with Crippen molar-refractivity contribution in [3.05, 3.63) is 90.9 Å². The lowest BCUT2D eigenvalue weighted by molar-refractivity contribution is -0.394. The van der Waals surface area contributed by atoms with Gasteiger partial charge in [-0.2, -0.15) is 5.10 Å². The van der Waals surface area contributed by atoms with Crippen LogP contribution in [0.3, 0.4) is 0 Å². The normalized spacial score (nSPS) is 10.6. The molecule has 0 aliphatic carbocycles. The number of hydrogen-bond donors (Lipinski definition) is 1. The van der Waals surface area contributed by atoms with Gasteiger partial charge in [-0.1, -0.05) is 23.7 Å². The van der Waals surface area contributed by atoms with Crippen molar-refractivity contribution in [3.8, 4) is 0 Å². The molecule has 3 aromatic rings. The van der Waals surface area contributed by atoms with Gasteiger partial charge in [0.25, 0.3) is 17.3 Å². The highest BCUT2D eigenvalue weighted by atomic mass is 35.5. The number of hydrogen-bond acceptors (Lipinski definition) is 6. The van der Waals surface area contributed by atoms with Gasteiger partial charge in [-0.3, -0.25) is 29.7 Å². The van der Waals surface area contributed by atoms with E-state index in [0.717, 1.165) is 23.8 Å². The smallest absolute Gasteiger partial charge is 0.277 e. The van der Waals surface area contributed by atoms with Gasteiger partial charge in [0.2, 0.25) is 0 Å². The Bertz CT molecular complexity index is 1080. The second-order valence-electron chi connectivity index (χ2n) is 5.86. The number of halogens is 2. The van der Waals surface area contributed by atoms with Gasteiger partial charge in [0.05, 0.1) is 28.0 Å². The summed E-state index contributed by atoms with van der Waals surface area (Å²) in [7, 11) is 0. The lowest BCUT2D eigenvalue weighted by atomic mass is 10.1. The fourth-order valence-corrected chi connectivity index (χ4v) is 2.65. The van der Waals surface area contributed by atoms with E-state index in [1.54, 1.807) is 12.1 Å². The Morgan fingerprint density at radius 1 is 1.10 bits per heavy atom. The third-order valence-corrected chi connectivity index (χ3v) is 4.07. The van der Waals surface area contributed by atoms with Gasteiger partial charge in [-0.15, -0.1) is 0 Å². The van der Waals surface area contributed by atoms with Gasteiger partial charge in [0.15, 0.2) is 5.82 Å². The lowest BCUT2D eigenvalue weighted by Crippen LogP contribution is -2.14. The van der Waals surface area contributed by atoms with Crippen LogP contribution in [0.1, 0.15) is 15.9 Å². The first kappa shape index (κ1) is 19.9. The zero-order valence-electron chi connectivity index (χ0n) is 14.4. The summed E-state index contributed by atoms with van der Waals surface area (Å²) in [5.41, 5.74) is -0.762. The van der Waals surface area contributed by atoms with E-state index in [9.17, 15) is 29.4 Å². The fourth-order valence-electron chi connectivity index (χ4n) is 2.46. The molecule has 0 aliphatic rings. The maximum absolute atomic E-state index is 13.0. The molecule has 0 spiro atoms. The highest BCUT2D eigenvalue weighted by Crippen LogP contribution is 2.25. The summed E-state index contributed by atoms with van der Waals surface area (Å²) in [5.74, 6) is -1.27. The Morgan fingerprint density at radius 3 is 2.24 bits per heavy atom. The first-order valence-corrected chi connectivity index (χ1v) is 8.33. The summed E-state index contributed by atoms with van der Waals surface area (Å²) >= 11 is 6.06. The average Bonchev–Trinajstić information content (AvgIpc) is 3.02. The van der Waals surface area contributed by atoms with Crippen LogP contribution in [-0.2, 0) is 6.54 Å². The summed E-state index contributed by atoms with van der Waals surface area (Å²) in [6.45, 7) is 0.248. The summed E-state index contributed by atoms with van der Waals surface area (Å²) in [4.78, 5) is 32.6. The van der Waals surface area contributed by atoms with Gasteiger partial charge in [0.1, 0.15) is 10.8 Å². The molecule has 0 bridgehead atoms. The number of amides is 1. The number of rotatable bonds is 6. The van der Waals surface area contributed by atoms with Gasteiger partial charge in [-0.05, 0) is 17.7 Å². The minimum Gasteiger partial charge on any atom is -0.304 e. The second-order valence-corrected chi connectivity index (χ2v) is 6.26. The molecule has 1 amide bonds. The van der Waals surface area contributed by atoms with Crippen LogP contribution in [0.25, 0.3) is 0 Å². The summed E-state index contributed by atoms with van der Waals surface area (Å²) < 4.78 is 14.4. The van der Waals surface area contributed by atoms with Gasteiger partial charge < -0.3 is 5.32 Å². The van der Waals surface area contributed by atoms with Crippen LogP contribution in [-0.4, -0.2) is 25.5 Å². The maximum Gasteiger partial charge on any atom is 0.277 e. The van der Waals surface area contributed by atoms with Gasteiger partial charge in [-0.25, -0.2) is 4.39 Å². The highest BCUT2D eigenvalue weighted by molar-refractivity contribution is 6.33. The highest BCUT2D eigenvalue weighted by Gasteiger charge is 2.21. The quantitative estimate of drug-likeness (QED) is 0.477. The molecular weight excluding hydrogens is 409 g/mol. The van der Waals surface area contributed by atoms with Gasteiger partial charge in [0, 0.05) is 18.3 Å². The van der Waals surface area contributed by atoms with E-state index in [1.165, 1.54) is 23.0 Å². The first-order valence-electron chi connectivity index (χ1n) is 7.95. The minimum atomic E-state index is -0.856. The predicted octanol–water partition coefficient (Wildman–Crippen LogP) is 3.79. The van der Waals surface area contributed by atoms with E-state index in [1.807, 2.05) is 0 Å². The molecule has 0 saturated carbocycles.